The number of benzene rings is 1. The Morgan fingerprint density at radius 1 is 1.14 bits per heavy atom. The molecule has 0 saturated carbocycles. The van der Waals surface area contributed by atoms with Crippen molar-refractivity contribution in [3.63, 3.8) is 0 Å². The normalized spacial score (nSPS) is 10.8. The van der Waals surface area contributed by atoms with E-state index in [1.54, 1.807) is 37.2 Å². The summed E-state index contributed by atoms with van der Waals surface area (Å²) >= 11 is 1.31. The fourth-order valence-electron chi connectivity index (χ4n) is 2.79. The molecule has 0 bridgehead atoms. The van der Waals surface area contributed by atoms with E-state index < -0.39 is 0 Å². The van der Waals surface area contributed by atoms with E-state index in [9.17, 15) is 4.79 Å². The van der Waals surface area contributed by atoms with Gasteiger partial charge in [0.2, 0.25) is 0 Å². The predicted molar refractivity (Wildman–Crippen MR) is 110 cm³/mol. The lowest BCUT2D eigenvalue weighted by molar-refractivity contribution is 0.0958. The molecule has 0 atom stereocenters. The molecule has 3 heterocycles. The number of thiophene rings is 1. The molecule has 0 aliphatic heterocycles. The molecule has 3 aromatic heterocycles. The third-order valence-corrected chi connectivity index (χ3v) is 5.35. The quantitative estimate of drug-likeness (QED) is 0.505. The van der Waals surface area contributed by atoms with Crippen LogP contribution in [-0.4, -0.2) is 46.3 Å². The molecule has 0 fully saturated rings. The maximum Gasteiger partial charge on any atom is 0.261 e. The molecule has 4 aromatic rings. The largest absolute Gasteiger partial charge is 0.497 e. The average molecular weight is 409 g/mol. The lowest BCUT2D eigenvalue weighted by Crippen LogP contribution is -2.25. The molecule has 0 aliphatic carbocycles. The SMILES string of the molecule is COc1ccc(-c2cc3nc(CCNC(=O)c4ccc(OC)s4)nn3cn2)cc1. The molecule has 1 aromatic carbocycles. The first-order valence-electron chi connectivity index (χ1n) is 8.94. The van der Waals surface area contributed by atoms with Gasteiger partial charge in [0.15, 0.2) is 16.5 Å². The molecule has 0 spiro atoms. The monoisotopic (exact) mass is 409 g/mol. The van der Waals surface area contributed by atoms with E-state index in [-0.39, 0.29) is 5.91 Å². The van der Waals surface area contributed by atoms with Gasteiger partial charge in [-0.15, -0.1) is 5.10 Å². The second-order valence-corrected chi connectivity index (χ2v) is 7.21. The Kier molecular flexibility index (Phi) is 5.39. The van der Waals surface area contributed by atoms with Crippen LogP contribution in [0, 0.1) is 0 Å². The molecule has 8 nitrogen and oxygen atoms in total. The third-order valence-electron chi connectivity index (χ3n) is 4.30. The van der Waals surface area contributed by atoms with E-state index >= 15 is 0 Å². The first-order chi connectivity index (χ1) is 14.2. The Morgan fingerprint density at radius 2 is 1.97 bits per heavy atom. The molecule has 148 valence electrons. The maximum absolute atomic E-state index is 12.2. The van der Waals surface area contributed by atoms with Crippen LogP contribution in [0.2, 0.25) is 0 Å². The van der Waals surface area contributed by atoms with E-state index in [1.807, 2.05) is 30.3 Å². The molecule has 1 amide bonds. The number of carbonyl (C=O) groups excluding carboxylic acids is 1. The minimum atomic E-state index is -0.134. The minimum absolute atomic E-state index is 0.134. The Labute approximate surface area is 171 Å². The van der Waals surface area contributed by atoms with Gasteiger partial charge in [-0.1, -0.05) is 11.3 Å². The van der Waals surface area contributed by atoms with Crippen LogP contribution in [0.4, 0.5) is 0 Å². The number of rotatable bonds is 7. The Morgan fingerprint density at radius 3 is 2.69 bits per heavy atom. The number of methoxy groups -OCH3 is 2. The molecule has 0 unspecified atom stereocenters. The number of amides is 1. The van der Waals surface area contributed by atoms with E-state index in [4.69, 9.17) is 9.47 Å². The van der Waals surface area contributed by atoms with Crippen molar-refractivity contribution in [2.75, 3.05) is 20.8 Å². The number of hydrogen-bond acceptors (Lipinski definition) is 7. The third kappa shape index (κ3) is 4.19. The first kappa shape index (κ1) is 18.9. The van der Waals surface area contributed by atoms with Gasteiger partial charge in [-0.3, -0.25) is 4.79 Å². The number of ether oxygens (including phenoxy) is 2. The van der Waals surface area contributed by atoms with E-state index in [0.717, 1.165) is 17.0 Å². The van der Waals surface area contributed by atoms with Gasteiger partial charge in [-0.2, -0.15) is 0 Å². The van der Waals surface area contributed by atoms with Crippen LogP contribution in [0.5, 0.6) is 10.8 Å². The van der Waals surface area contributed by atoms with Crippen LogP contribution in [0.3, 0.4) is 0 Å². The first-order valence-corrected chi connectivity index (χ1v) is 9.75. The van der Waals surface area contributed by atoms with Crippen LogP contribution in [-0.2, 0) is 6.42 Å². The zero-order valence-corrected chi connectivity index (χ0v) is 16.8. The fourth-order valence-corrected chi connectivity index (χ4v) is 3.53. The van der Waals surface area contributed by atoms with Gasteiger partial charge in [0.25, 0.3) is 5.91 Å². The van der Waals surface area contributed by atoms with Crippen molar-refractivity contribution in [1.82, 2.24) is 24.9 Å². The summed E-state index contributed by atoms with van der Waals surface area (Å²) in [4.78, 5) is 21.8. The van der Waals surface area contributed by atoms with Crippen molar-refractivity contribution in [3.05, 3.63) is 59.5 Å². The fraction of sp³-hybridized carbons (Fsp3) is 0.200. The molecule has 0 saturated heterocycles. The van der Waals surface area contributed by atoms with Gasteiger partial charge in [0, 0.05) is 24.6 Å². The second kappa shape index (κ2) is 8.27. The standard InChI is InChI=1S/C20H19N5O3S/c1-27-14-5-3-13(4-6-14)15-11-18-23-17(24-25(18)12-22-15)9-10-21-20(26)16-7-8-19(28-2)29-16/h3-8,11-12H,9-10H2,1-2H3,(H,21,26). The van der Waals surface area contributed by atoms with E-state index in [2.05, 4.69) is 20.4 Å². The van der Waals surface area contributed by atoms with Crippen LogP contribution >= 0.6 is 11.3 Å². The number of aromatic nitrogens is 4. The van der Waals surface area contributed by atoms with Crippen LogP contribution < -0.4 is 14.8 Å². The molecule has 1 N–H and O–H groups in total. The summed E-state index contributed by atoms with van der Waals surface area (Å²) < 4.78 is 11.9. The topological polar surface area (TPSA) is 90.6 Å². The summed E-state index contributed by atoms with van der Waals surface area (Å²) in [6.07, 6.45) is 2.16. The van der Waals surface area contributed by atoms with Gasteiger partial charge in [0.05, 0.1) is 24.8 Å². The van der Waals surface area contributed by atoms with Crippen molar-refractivity contribution >= 4 is 22.9 Å². The molecular formula is C20H19N5O3S. The summed E-state index contributed by atoms with van der Waals surface area (Å²) in [6.45, 7) is 0.439. The van der Waals surface area contributed by atoms with Crippen molar-refractivity contribution < 1.29 is 14.3 Å². The van der Waals surface area contributed by atoms with Gasteiger partial charge in [-0.25, -0.2) is 14.5 Å². The van der Waals surface area contributed by atoms with Crippen molar-refractivity contribution in [2.24, 2.45) is 0 Å². The number of carbonyl (C=O) groups is 1. The lowest BCUT2D eigenvalue weighted by atomic mass is 10.1. The van der Waals surface area contributed by atoms with Crippen molar-refractivity contribution in [3.8, 4) is 22.1 Å². The maximum atomic E-state index is 12.2. The number of nitrogens with one attached hydrogen (secondary N) is 1. The Bertz CT molecular complexity index is 1140. The highest BCUT2D eigenvalue weighted by Crippen LogP contribution is 2.23. The molecule has 29 heavy (non-hydrogen) atoms. The highest BCUT2D eigenvalue weighted by Gasteiger charge is 2.11. The zero-order valence-electron chi connectivity index (χ0n) is 16.0. The van der Waals surface area contributed by atoms with Gasteiger partial charge >= 0.3 is 0 Å². The second-order valence-electron chi connectivity index (χ2n) is 6.16. The highest BCUT2D eigenvalue weighted by molar-refractivity contribution is 7.15. The van der Waals surface area contributed by atoms with Gasteiger partial charge < -0.3 is 14.8 Å². The number of fused-ring (bicyclic) bond motifs is 1. The van der Waals surface area contributed by atoms with Crippen LogP contribution in [0.1, 0.15) is 15.5 Å². The van der Waals surface area contributed by atoms with Crippen LogP contribution in [0.15, 0.2) is 48.8 Å². The summed E-state index contributed by atoms with van der Waals surface area (Å²) in [5.74, 6) is 1.30. The average Bonchev–Trinajstić information content (AvgIpc) is 3.40. The summed E-state index contributed by atoms with van der Waals surface area (Å²) in [6, 6.07) is 13.1. The molecular weight excluding hydrogens is 390 g/mol. The Hall–Kier alpha value is -3.46. The van der Waals surface area contributed by atoms with Crippen molar-refractivity contribution in [1.29, 1.82) is 0 Å². The zero-order chi connectivity index (χ0) is 20.2. The van der Waals surface area contributed by atoms with Crippen molar-refractivity contribution in [2.45, 2.75) is 6.42 Å². The summed E-state index contributed by atoms with van der Waals surface area (Å²) in [5, 5.41) is 8.00. The smallest absolute Gasteiger partial charge is 0.261 e. The minimum Gasteiger partial charge on any atom is -0.497 e. The highest BCUT2D eigenvalue weighted by atomic mass is 32.1. The van der Waals surface area contributed by atoms with Gasteiger partial charge in [-0.05, 0) is 36.4 Å². The number of nitrogens with zero attached hydrogens (tertiary/aromatic N) is 4. The lowest BCUT2D eigenvalue weighted by Gasteiger charge is -2.02. The molecule has 0 radical (unpaired) electrons. The Balaban J connectivity index is 1.41. The van der Waals surface area contributed by atoms with Crippen LogP contribution in [0.25, 0.3) is 16.9 Å². The molecule has 9 heteroatoms. The predicted octanol–water partition coefficient (Wildman–Crippen LogP) is 2.84. The summed E-state index contributed by atoms with van der Waals surface area (Å²) in [5.41, 5.74) is 2.48. The molecule has 4 rings (SSSR count). The van der Waals surface area contributed by atoms with E-state index in [1.165, 1.54) is 11.3 Å². The molecule has 0 aliphatic rings. The van der Waals surface area contributed by atoms with Gasteiger partial charge in [0.1, 0.15) is 12.1 Å². The number of hydrogen-bond donors (Lipinski definition) is 1. The summed E-state index contributed by atoms with van der Waals surface area (Å²) in [7, 11) is 3.22. The van der Waals surface area contributed by atoms with E-state index in [0.29, 0.717) is 34.4 Å².